The molecule has 0 aliphatic carbocycles. The molecule has 0 bridgehead atoms. The molecule has 4 rings (SSSR count). The second-order valence-corrected chi connectivity index (χ2v) is 8.63. The Hall–Kier alpha value is -2.09. The van der Waals surface area contributed by atoms with Crippen LogP contribution in [0.15, 0.2) is 52.9 Å². The summed E-state index contributed by atoms with van der Waals surface area (Å²) in [6.45, 7) is 2.06. The highest BCUT2D eigenvalue weighted by Gasteiger charge is 2.26. The first-order valence-corrected chi connectivity index (χ1v) is 10.3. The van der Waals surface area contributed by atoms with Gasteiger partial charge in [0.15, 0.2) is 10.6 Å². The molecule has 134 valence electrons. The Morgan fingerprint density at radius 2 is 2.04 bits per heavy atom. The summed E-state index contributed by atoms with van der Waals surface area (Å²) in [7, 11) is 0. The predicted octanol–water partition coefficient (Wildman–Crippen LogP) is 3.57. The van der Waals surface area contributed by atoms with Crippen molar-refractivity contribution in [3.63, 3.8) is 0 Å². The van der Waals surface area contributed by atoms with Gasteiger partial charge in [0.2, 0.25) is 5.91 Å². The number of thiazole rings is 1. The third-order valence-electron chi connectivity index (χ3n) is 4.18. The van der Waals surface area contributed by atoms with Crippen LogP contribution in [0.5, 0.6) is 0 Å². The third kappa shape index (κ3) is 4.17. The normalized spacial score (nSPS) is 20.1. The van der Waals surface area contributed by atoms with E-state index in [4.69, 9.17) is 0 Å². The molecule has 2 unspecified atom stereocenters. The van der Waals surface area contributed by atoms with E-state index < -0.39 is 0 Å². The quantitative estimate of drug-likeness (QED) is 0.587. The summed E-state index contributed by atoms with van der Waals surface area (Å²) in [6.07, 6.45) is 0.212. The minimum Gasteiger partial charge on any atom is -0.353 e. The molecule has 5 nitrogen and oxygen atoms in total. The molecule has 3 N–H and O–H groups in total. The summed E-state index contributed by atoms with van der Waals surface area (Å²) in [6, 6.07) is 16.4. The summed E-state index contributed by atoms with van der Waals surface area (Å²) in [5, 5.41) is 9.73. The molecule has 0 saturated carbocycles. The number of carbonyl (C=O) groups excluding carboxylic acids is 1. The number of hydrogen-bond acceptors (Lipinski definition) is 6. The number of fused-ring (bicyclic) bond motifs is 1. The van der Waals surface area contributed by atoms with Crippen molar-refractivity contribution in [1.29, 1.82) is 0 Å². The Balaban J connectivity index is 1.36. The minimum absolute atomic E-state index is 0.0586. The van der Waals surface area contributed by atoms with Crippen molar-refractivity contribution in [2.45, 2.75) is 30.0 Å². The van der Waals surface area contributed by atoms with Crippen LogP contribution in [0.25, 0.3) is 10.2 Å². The number of benzene rings is 2. The van der Waals surface area contributed by atoms with Gasteiger partial charge in [-0.3, -0.25) is 10.1 Å². The maximum Gasteiger partial charge on any atom is 0.224 e. The zero-order valence-corrected chi connectivity index (χ0v) is 16.0. The monoisotopic (exact) mass is 384 g/mol. The largest absolute Gasteiger partial charge is 0.353 e. The summed E-state index contributed by atoms with van der Waals surface area (Å²) in [5.74, 6) is 0.863. The smallest absolute Gasteiger partial charge is 0.224 e. The van der Waals surface area contributed by atoms with Gasteiger partial charge in [-0.15, -0.1) is 11.3 Å². The van der Waals surface area contributed by atoms with Crippen molar-refractivity contribution < 1.29 is 4.79 Å². The second-order valence-electron chi connectivity index (χ2n) is 6.34. The molecule has 1 fully saturated rings. The van der Waals surface area contributed by atoms with Gasteiger partial charge in [-0.25, -0.2) is 4.98 Å². The van der Waals surface area contributed by atoms with Crippen LogP contribution in [0, 0.1) is 6.92 Å². The number of para-hydroxylation sites is 1. The maximum atomic E-state index is 12.1. The highest BCUT2D eigenvalue weighted by Crippen LogP contribution is 2.30. The van der Waals surface area contributed by atoms with Gasteiger partial charge in [0.1, 0.15) is 0 Å². The zero-order chi connectivity index (χ0) is 17.9. The number of carbonyl (C=O) groups is 1. The number of hydrogen-bond donors (Lipinski definition) is 3. The van der Waals surface area contributed by atoms with Gasteiger partial charge in [-0.2, -0.15) is 0 Å². The molecule has 3 aromatic rings. The van der Waals surface area contributed by atoms with E-state index in [2.05, 4.69) is 33.9 Å². The fraction of sp³-hybridized carbons (Fsp3) is 0.263. The molecule has 2 aromatic carbocycles. The van der Waals surface area contributed by atoms with E-state index >= 15 is 0 Å². The molecule has 1 aromatic heterocycles. The van der Waals surface area contributed by atoms with E-state index in [9.17, 15) is 4.79 Å². The summed E-state index contributed by atoms with van der Waals surface area (Å²) < 4.78 is 2.24. The van der Waals surface area contributed by atoms with Crippen molar-refractivity contribution in [2.75, 3.05) is 11.1 Å². The molecule has 2 heterocycles. The second kappa shape index (κ2) is 7.65. The van der Waals surface area contributed by atoms with E-state index in [1.165, 1.54) is 10.3 Å². The molecule has 1 aliphatic heterocycles. The number of nitrogens with one attached hydrogen (secondary N) is 3. The van der Waals surface area contributed by atoms with Crippen LogP contribution in [-0.4, -0.2) is 29.0 Å². The van der Waals surface area contributed by atoms with Crippen molar-refractivity contribution >= 4 is 44.9 Å². The highest BCUT2D eigenvalue weighted by atomic mass is 32.2. The molecule has 7 heteroatoms. The third-order valence-corrected chi connectivity index (χ3v) is 6.53. The lowest BCUT2D eigenvalue weighted by atomic mass is 10.2. The zero-order valence-electron chi connectivity index (χ0n) is 14.4. The first-order valence-electron chi connectivity index (χ1n) is 8.53. The van der Waals surface area contributed by atoms with Crippen LogP contribution < -0.4 is 16.0 Å². The van der Waals surface area contributed by atoms with Crippen LogP contribution >= 0.6 is 23.1 Å². The number of aromatic nitrogens is 1. The molecule has 1 amide bonds. The van der Waals surface area contributed by atoms with E-state index in [1.54, 1.807) is 23.1 Å². The van der Waals surface area contributed by atoms with Gasteiger partial charge in [0, 0.05) is 23.9 Å². The molecule has 1 aliphatic rings. The highest BCUT2D eigenvalue weighted by molar-refractivity contribution is 8.01. The molecule has 26 heavy (non-hydrogen) atoms. The summed E-state index contributed by atoms with van der Waals surface area (Å²) in [4.78, 5) is 16.7. The molecule has 1 saturated heterocycles. The number of anilines is 1. The first kappa shape index (κ1) is 17.3. The van der Waals surface area contributed by atoms with Crippen LogP contribution in [0.4, 0.5) is 5.69 Å². The van der Waals surface area contributed by atoms with Gasteiger partial charge in [0.05, 0.1) is 10.2 Å². The topological polar surface area (TPSA) is 66.0 Å². The van der Waals surface area contributed by atoms with E-state index in [0.717, 1.165) is 21.3 Å². The molecular weight excluding hydrogens is 364 g/mol. The number of amides is 1. The lowest BCUT2D eigenvalue weighted by molar-refractivity contribution is -0.123. The van der Waals surface area contributed by atoms with Crippen molar-refractivity contribution in [3.8, 4) is 0 Å². The Labute approximate surface area is 160 Å². The maximum absolute atomic E-state index is 12.1. The fourth-order valence-electron chi connectivity index (χ4n) is 2.87. The van der Waals surface area contributed by atoms with Crippen molar-refractivity contribution in [3.05, 3.63) is 54.1 Å². The number of nitrogens with zero attached hydrogens (tertiary/aromatic N) is 1. The number of rotatable bonds is 5. The minimum atomic E-state index is -0.264. The fourth-order valence-corrected chi connectivity index (χ4v) is 4.99. The van der Waals surface area contributed by atoms with E-state index in [0.29, 0.717) is 6.42 Å². The summed E-state index contributed by atoms with van der Waals surface area (Å²) >= 11 is 3.40. The standard InChI is InChI=1S/C19H20N4OS2/c1-12-6-8-13(9-7-12)20-18-21-14(10-17(24)23-18)11-25-19-22-15-4-2-3-5-16(15)26-19/h2-9,14,18,20-21H,10-11H2,1H3,(H,23,24). The van der Waals surface area contributed by atoms with E-state index in [1.807, 2.05) is 42.5 Å². The molecule has 0 radical (unpaired) electrons. The lowest BCUT2D eigenvalue weighted by Crippen LogP contribution is -2.60. The van der Waals surface area contributed by atoms with Gasteiger partial charge in [0.25, 0.3) is 0 Å². The Morgan fingerprint density at radius 3 is 2.85 bits per heavy atom. The van der Waals surface area contributed by atoms with Gasteiger partial charge < -0.3 is 10.6 Å². The summed E-state index contributed by atoms with van der Waals surface area (Å²) in [5.41, 5.74) is 3.22. The first-order chi connectivity index (χ1) is 12.7. The Morgan fingerprint density at radius 1 is 1.23 bits per heavy atom. The SMILES string of the molecule is Cc1ccc(NC2NC(=O)CC(CSc3nc4ccccc4s3)N2)cc1. The average Bonchev–Trinajstić information content (AvgIpc) is 3.04. The van der Waals surface area contributed by atoms with Gasteiger partial charge in [-0.05, 0) is 31.2 Å². The average molecular weight is 385 g/mol. The molecular formula is C19H20N4OS2. The lowest BCUT2D eigenvalue weighted by Gasteiger charge is -2.32. The van der Waals surface area contributed by atoms with Crippen LogP contribution in [0.1, 0.15) is 12.0 Å². The van der Waals surface area contributed by atoms with Crippen molar-refractivity contribution in [1.82, 2.24) is 15.6 Å². The predicted molar refractivity (Wildman–Crippen MR) is 109 cm³/mol. The Kier molecular flexibility index (Phi) is 5.10. The van der Waals surface area contributed by atoms with Crippen LogP contribution in [0.3, 0.4) is 0 Å². The number of thioether (sulfide) groups is 1. The van der Waals surface area contributed by atoms with Gasteiger partial charge in [-0.1, -0.05) is 41.6 Å². The van der Waals surface area contributed by atoms with Crippen LogP contribution in [0.2, 0.25) is 0 Å². The molecule has 0 spiro atoms. The van der Waals surface area contributed by atoms with Gasteiger partial charge >= 0.3 is 0 Å². The Bertz CT molecular complexity index is 876. The van der Waals surface area contributed by atoms with E-state index in [-0.39, 0.29) is 18.2 Å². The molecule has 2 atom stereocenters. The number of aryl methyl sites for hydroxylation is 1. The van der Waals surface area contributed by atoms with Crippen LogP contribution in [-0.2, 0) is 4.79 Å². The van der Waals surface area contributed by atoms with Crippen molar-refractivity contribution in [2.24, 2.45) is 0 Å².